The van der Waals surface area contributed by atoms with E-state index in [4.69, 9.17) is 12.3 Å². The Morgan fingerprint density at radius 1 is 1.24 bits per heavy atom. The summed E-state index contributed by atoms with van der Waals surface area (Å²) in [6, 6.07) is 2.19. The van der Waals surface area contributed by atoms with Crippen molar-refractivity contribution in [1.82, 2.24) is 5.01 Å². The molecule has 1 atom stereocenters. The largest absolute Gasteiger partial charge is 0.431 e. The molecule has 2 aliphatic heterocycles. The van der Waals surface area contributed by atoms with Gasteiger partial charge in [-0.2, -0.15) is 36.4 Å². The minimum Gasteiger partial charge on any atom is -0.368 e. The van der Waals surface area contributed by atoms with Gasteiger partial charge in [-0.3, -0.25) is 0 Å². The number of hydrogen-bond acceptors (Lipinski definition) is 4. The van der Waals surface area contributed by atoms with Gasteiger partial charge in [0, 0.05) is 6.42 Å². The standard InChI is InChI=1S/C17H14F6N6/c1-4-8-9(5-6-10(25-3)12(8)17(21,22)23)26-13-15(2)7-11(16(18,19)20)28-29(15)14(24)27-13/h5-6H,4,7H2,1-2H3,(H2,24,26,27). The van der Waals surface area contributed by atoms with Crippen LogP contribution in [0.2, 0.25) is 0 Å². The van der Waals surface area contributed by atoms with Crippen LogP contribution < -0.4 is 5.73 Å². The van der Waals surface area contributed by atoms with E-state index in [-0.39, 0.29) is 29.5 Å². The lowest BCUT2D eigenvalue weighted by molar-refractivity contribution is -0.137. The number of hydrazone groups is 1. The number of fused-ring (bicyclic) bond motifs is 1. The lowest BCUT2D eigenvalue weighted by atomic mass is 9.94. The van der Waals surface area contributed by atoms with Crippen LogP contribution in [0.4, 0.5) is 37.7 Å². The van der Waals surface area contributed by atoms with E-state index in [1.807, 2.05) is 0 Å². The zero-order chi connectivity index (χ0) is 21.8. The molecule has 6 nitrogen and oxygen atoms in total. The topological polar surface area (TPSA) is 70.7 Å². The monoisotopic (exact) mass is 416 g/mol. The molecule has 12 heteroatoms. The molecule has 2 heterocycles. The second kappa shape index (κ2) is 6.47. The van der Waals surface area contributed by atoms with E-state index in [2.05, 4.69) is 19.9 Å². The first-order chi connectivity index (χ1) is 13.3. The summed E-state index contributed by atoms with van der Waals surface area (Å²) in [5.41, 5.74) is 1.03. The highest BCUT2D eigenvalue weighted by Gasteiger charge is 2.55. The first kappa shape index (κ1) is 20.6. The third kappa shape index (κ3) is 3.30. The molecule has 0 amide bonds. The zero-order valence-electron chi connectivity index (χ0n) is 15.2. The Labute approximate surface area is 161 Å². The molecule has 0 radical (unpaired) electrons. The summed E-state index contributed by atoms with van der Waals surface area (Å²) in [7, 11) is 0. The fourth-order valence-corrected chi connectivity index (χ4v) is 3.33. The summed E-state index contributed by atoms with van der Waals surface area (Å²) in [5, 5.41) is 4.33. The maximum absolute atomic E-state index is 13.5. The van der Waals surface area contributed by atoms with Gasteiger partial charge in [-0.05, 0) is 25.0 Å². The summed E-state index contributed by atoms with van der Waals surface area (Å²) in [6.45, 7) is 9.83. The van der Waals surface area contributed by atoms with Gasteiger partial charge in [-0.15, -0.1) is 0 Å². The third-order valence-electron chi connectivity index (χ3n) is 4.70. The molecular formula is C17H14F6N6. The molecule has 0 saturated heterocycles. The molecule has 1 unspecified atom stereocenters. The van der Waals surface area contributed by atoms with Crippen molar-refractivity contribution in [1.29, 1.82) is 0 Å². The van der Waals surface area contributed by atoms with E-state index in [0.29, 0.717) is 0 Å². The van der Waals surface area contributed by atoms with Crippen LogP contribution in [0.25, 0.3) is 4.85 Å². The normalized spacial score (nSPS) is 23.1. The third-order valence-corrected chi connectivity index (χ3v) is 4.70. The van der Waals surface area contributed by atoms with Crippen LogP contribution in [0.1, 0.15) is 31.4 Å². The molecule has 0 fully saturated rings. The predicted molar refractivity (Wildman–Crippen MR) is 94.2 cm³/mol. The van der Waals surface area contributed by atoms with Crippen molar-refractivity contribution < 1.29 is 26.3 Å². The second-order valence-corrected chi connectivity index (χ2v) is 6.63. The van der Waals surface area contributed by atoms with Crippen LogP contribution in [0.5, 0.6) is 0 Å². The van der Waals surface area contributed by atoms with Crippen LogP contribution in [-0.4, -0.2) is 34.2 Å². The number of halogens is 6. The van der Waals surface area contributed by atoms with E-state index < -0.39 is 41.3 Å². The summed E-state index contributed by atoms with van der Waals surface area (Å²) in [5.74, 6) is -0.520. The van der Waals surface area contributed by atoms with Gasteiger partial charge in [-0.1, -0.05) is 13.0 Å². The van der Waals surface area contributed by atoms with Crippen LogP contribution in [0.3, 0.4) is 0 Å². The van der Waals surface area contributed by atoms with Gasteiger partial charge in [-0.25, -0.2) is 14.8 Å². The van der Waals surface area contributed by atoms with Crippen molar-refractivity contribution in [2.75, 3.05) is 0 Å². The number of amidine groups is 1. The Morgan fingerprint density at radius 2 is 1.90 bits per heavy atom. The average molecular weight is 416 g/mol. The van der Waals surface area contributed by atoms with Crippen molar-refractivity contribution in [2.45, 2.75) is 44.6 Å². The quantitative estimate of drug-likeness (QED) is 0.567. The lowest BCUT2D eigenvalue weighted by Gasteiger charge is -2.25. The molecule has 0 aromatic heterocycles. The number of rotatable bonds is 2. The number of alkyl halides is 6. The van der Waals surface area contributed by atoms with Gasteiger partial charge in [0.05, 0.1) is 17.8 Å². The number of hydrogen-bond donors (Lipinski definition) is 1. The Kier molecular flexibility index (Phi) is 4.60. The van der Waals surface area contributed by atoms with Crippen molar-refractivity contribution in [3.8, 4) is 0 Å². The summed E-state index contributed by atoms with van der Waals surface area (Å²) >= 11 is 0. The lowest BCUT2D eigenvalue weighted by Crippen LogP contribution is -2.45. The Hall–Kier alpha value is -3.10. The first-order valence-corrected chi connectivity index (χ1v) is 8.31. The van der Waals surface area contributed by atoms with E-state index in [1.54, 1.807) is 0 Å². The van der Waals surface area contributed by atoms with E-state index >= 15 is 0 Å². The predicted octanol–water partition coefficient (Wildman–Crippen LogP) is 4.56. The number of benzene rings is 1. The summed E-state index contributed by atoms with van der Waals surface area (Å²) < 4.78 is 79.8. The van der Waals surface area contributed by atoms with E-state index in [1.165, 1.54) is 19.9 Å². The Bertz CT molecular complexity index is 997. The summed E-state index contributed by atoms with van der Waals surface area (Å²) in [6.07, 6.45) is -10.2. The summed E-state index contributed by atoms with van der Waals surface area (Å²) in [4.78, 5) is 11.0. The number of nitrogens with zero attached hydrogens (tertiary/aromatic N) is 5. The molecule has 1 aromatic carbocycles. The fraction of sp³-hybridized carbons (Fsp3) is 0.412. The van der Waals surface area contributed by atoms with Gasteiger partial charge < -0.3 is 5.73 Å². The molecule has 0 saturated carbocycles. The maximum atomic E-state index is 13.5. The minimum atomic E-state index is -4.80. The van der Waals surface area contributed by atoms with Crippen molar-refractivity contribution in [3.63, 3.8) is 0 Å². The molecule has 1 aromatic rings. The Morgan fingerprint density at radius 3 is 2.41 bits per heavy atom. The van der Waals surface area contributed by atoms with Gasteiger partial charge in [0.2, 0.25) is 5.96 Å². The fourth-order valence-electron chi connectivity index (χ4n) is 3.33. The van der Waals surface area contributed by atoms with Gasteiger partial charge in [0.25, 0.3) is 0 Å². The molecule has 0 aliphatic carbocycles. The minimum absolute atomic E-state index is 0.103. The average Bonchev–Trinajstić information content (AvgIpc) is 3.08. The molecular weight excluding hydrogens is 402 g/mol. The number of guanidine groups is 1. The molecule has 2 N–H and O–H groups in total. The van der Waals surface area contributed by atoms with Crippen molar-refractivity contribution >= 4 is 28.9 Å². The number of nitrogens with two attached hydrogens (primary N) is 1. The molecule has 3 rings (SSSR count). The van der Waals surface area contributed by atoms with Crippen LogP contribution >= 0.6 is 0 Å². The van der Waals surface area contributed by atoms with Crippen LogP contribution in [0, 0.1) is 6.57 Å². The second-order valence-electron chi connectivity index (χ2n) is 6.63. The molecule has 0 bridgehead atoms. The first-order valence-electron chi connectivity index (χ1n) is 8.31. The van der Waals surface area contributed by atoms with Gasteiger partial charge in [0.1, 0.15) is 11.3 Å². The highest BCUT2D eigenvalue weighted by molar-refractivity contribution is 6.13. The maximum Gasteiger partial charge on any atom is 0.431 e. The smallest absolute Gasteiger partial charge is 0.368 e. The van der Waals surface area contributed by atoms with E-state index in [9.17, 15) is 26.3 Å². The molecule has 154 valence electrons. The van der Waals surface area contributed by atoms with E-state index in [0.717, 1.165) is 11.1 Å². The molecule has 0 spiro atoms. The van der Waals surface area contributed by atoms with Crippen LogP contribution in [-0.2, 0) is 12.6 Å². The highest BCUT2D eigenvalue weighted by atomic mass is 19.4. The number of aliphatic imine (C=N–C) groups is 2. The van der Waals surface area contributed by atoms with Crippen molar-refractivity contribution in [3.05, 3.63) is 34.7 Å². The van der Waals surface area contributed by atoms with Crippen molar-refractivity contribution in [2.24, 2.45) is 20.8 Å². The highest BCUT2D eigenvalue weighted by Crippen LogP contribution is 2.44. The SMILES string of the molecule is [C-]#[N+]c1ccc(N=C2N=C(N)N3N=C(C(F)(F)F)CC23C)c(CC)c1C(F)(F)F. The van der Waals surface area contributed by atoms with Gasteiger partial charge in [0.15, 0.2) is 11.5 Å². The zero-order valence-corrected chi connectivity index (χ0v) is 15.2. The van der Waals surface area contributed by atoms with Crippen LogP contribution in [0.15, 0.2) is 27.2 Å². The molecule has 29 heavy (non-hydrogen) atoms. The van der Waals surface area contributed by atoms with Gasteiger partial charge >= 0.3 is 12.4 Å². The molecule has 2 aliphatic rings. The Balaban J connectivity index is 2.14.